The molecule has 0 spiro atoms. The molecule has 0 aliphatic carbocycles. The Hall–Kier alpha value is -4.47. The predicted molar refractivity (Wildman–Crippen MR) is 120 cm³/mol. The molecule has 10 nitrogen and oxygen atoms in total. The summed E-state index contributed by atoms with van der Waals surface area (Å²) in [6.07, 6.45) is 1.21. The summed E-state index contributed by atoms with van der Waals surface area (Å²) >= 11 is 0. The number of anilines is 1. The third-order valence-electron chi connectivity index (χ3n) is 5.12. The van der Waals surface area contributed by atoms with Gasteiger partial charge in [0.1, 0.15) is 17.6 Å². The molecule has 10 heteroatoms. The number of carbonyl (C=O) groups is 3. The van der Waals surface area contributed by atoms with Crippen molar-refractivity contribution >= 4 is 45.7 Å². The van der Waals surface area contributed by atoms with Crippen LogP contribution < -0.4 is 16.2 Å². The fourth-order valence-corrected chi connectivity index (χ4v) is 3.26. The number of carbonyl (C=O) groups excluding carboxylic acids is 3. The van der Waals surface area contributed by atoms with E-state index in [9.17, 15) is 19.2 Å². The van der Waals surface area contributed by atoms with E-state index in [4.69, 9.17) is 9.15 Å². The third-order valence-corrected chi connectivity index (χ3v) is 5.12. The first-order valence-electron chi connectivity index (χ1n) is 10.0. The minimum atomic E-state index is -0.848. The number of nitrogens with zero attached hydrogens (tertiary/aromatic N) is 2. The highest BCUT2D eigenvalue weighted by atomic mass is 16.5. The molecule has 0 unspecified atom stereocenters. The first kappa shape index (κ1) is 21.8. The number of ether oxygens (including phenoxy) is 1. The number of hydrogen-bond acceptors (Lipinski definition) is 7. The van der Waals surface area contributed by atoms with Gasteiger partial charge in [-0.05, 0) is 43.2 Å². The largest absolute Gasteiger partial charge is 0.454 e. The van der Waals surface area contributed by atoms with Crippen LogP contribution in [0.1, 0.15) is 11.1 Å². The fraction of sp³-hybridized carbons (Fsp3) is 0.174. The summed E-state index contributed by atoms with van der Waals surface area (Å²) in [5.74, 6) is -1.66. The minimum absolute atomic E-state index is 0.0207. The highest BCUT2D eigenvalue weighted by molar-refractivity contribution is 6.02. The summed E-state index contributed by atoms with van der Waals surface area (Å²) in [5.41, 5.74) is 2.79. The Morgan fingerprint density at radius 2 is 1.88 bits per heavy atom. The predicted octanol–water partition coefficient (Wildman–Crippen LogP) is 2.65. The molecule has 3 amide bonds. The minimum Gasteiger partial charge on any atom is -0.454 e. The summed E-state index contributed by atoms with van der Waals surface area (Å²) in [5, 5.41) is 5.34. The Bertz CT molecular complexity index is 1450. The number of imide groups is 1. The topological polar surface area (TPSA) is 133 Å². The molecule has 0 aliphatic heterocycles. The maximum absolute atomic E-state index is 12.6. The monoisotopic (exact) mass is 448 g/mol. The molecule has 0 aliphatic rings. The number of hydrogen-bond donors (Lipinski definition) is 2. The maximum atomic E-state index is 12.6. The second kappa shape index (κ2) is 8.95. The van der Waals surface area contributed by atoms with Crippen LogP contribution in [0.3, 0.4) is 0 Å². The van der Waals surface area contributed by atoms with Crippen molar-refractivity contribution in [3.05, 3.63) is 70.3 Å². The number of benzene rings is 2. The van der Waals surface area contributed by atoms with Gasteiger partial charge in [0.05, 0.1) is 6.33 Å². The maximum Gasteiger partial charge on any atom is 0.326 e. The van der Waals surface area contributed by atoms with E-state index in [2.05, 4.69) is 15.6 Å². The Kier molecular flexibility index (Phi) is 5.90. The van der Waals surface area contributed by atoms with E-state index < -0.39 is 36.6 Å². The van der Waals surface area contributed by atoms with Gasteiger partial charge >= 0.3 is 12.0 Å². The molecule has 2 aromatic carbocycles. The van der Waals surface area contributed by atoms with E-state index >= 15 is 0 Å². The van der Waals surface area contributed by atoms with E-state index in [0.717, 1.165) is 15.7 Å². The average molecular weight is 448 g/mol. The number of urea groups is 1. The molecule has 0 atom stereocenters. The second-order valence-electron chi connectivity index (χ2n) is 7.36. The molecule has 4 rings (SSSR count). The lowest BCUT2D eigenvalue weighted by Gasteiger charge is -2.11. The highest BCUT2D eigenvalue weighted by Gasteiger charge is 2.16. The van der Waals surface area contributed by atoms with Gasteiger partial charge < -0.3 is 14.5 Å². The van der Waals surface area contributed by atoms with Crippen molar-refractivity contribution in [3.63, 3.8) is 0 Å². The van der Waals surface area contributed by atoms with Gasteiger partial charge in [0.25, 0.3) is 11.5 Å². The van der Waals surface area contributed by atoms with Gasteiger partial charge in [-0.25, -0.2) is 9.78 Å². The zero-order valence-corrected chi connectivity index (χ0v) is 17.9. The lowest BCUT2D eigenvalue weighted by Crippen LogP contribution is -2.37. The molecule has 168 valence electrons. The summed E-state index contributed by atoms with van der Waals surface area (Å²) in [4.78, 5) is 52.9. The number of rotatable bonds is 5. The molecule has 4 aromatic rings. The molecule has 33 heavy (non-hydrogen) atoms. The normalized spacial score (nSPS) is 10.8. The summed E-state index contributed by atoms with van der Waals surface area (Å²) in [7, 11) is 0. The zero-order valence-electron chi connectivity index (χ0n) is 17.9. The second-order valence-corrected chi connectivity index (χ2v) is 7.36. The van der Waals surface area contributed by atoms with E-state index in [1.165, 1.54) is 6.33 Å². The molecule has 2 heterocycles. The molecule has 0 saturated carbocycles. The van der Waals surface area contributed by atoms with Crippen LogP contribution in [0.15, 0.2) is 58.0 Å². The van der Waals surface area contributed by atoms with E-state index in [1.807, 2.05) is 19.9 Å². The standard InChI is InChI=1S/C23H20N4O6/c1-13-6-5-8-16(14(13)2)25-23(31)26-18(28)11-32-19(29)10-27-12-24-20-15-7-3-4-9-17(15)33-21(20)22(27)30/h3-9,12H,10-11H2,1-2H3,(H2,25,26,28,31). The van der Waals surface area contributed by atoms with E-state index in [0.29, 0.717) is 22.2 Å². The van der Waals surface area contributed by atoms with Gasteiger partial charge in [0.2, 0.25) is 5.58 Å². The van der Waals surface area contributed by atoms with Gasteiger partial charge in [-0.2, -0.15) is 0 Å². The Morgan fingerprint density at radius 1 is 1.09 bits per heavy atom. The van der Waals surface area contributed by atoms with Crippen molar-refractivity contribution in [2.75, 3.05) is 11.9 Å². The molecule has 0 bridgehead atoms. The lowest BCUT2D eigenvalue weighted by atomic mass is 10.1. The van der Waals surface area contributed by atoms with Crippen LogP contribution in [0, 0.1) is 13.8 Å². The summed E-state index contributed by atoms with van der Waals surface area (Å²) in [6.45, 7) is 2.58. The van der Waals surface area contributed by atoms with E-state index in [1.54, 1.807) is 36.4 Å². The highest BCUT2D eigenvalue weighted by Crippen LogP contribution is 2.24. The Labute approximate surface area is 187 Å². The van der Waals surface area contributed by atoms with Crippen molar-refractivity contribution < 1.29 is 23.5 Å². The van der Waals surface area contributed by atoms with Crippen LogP contribution in [-0.4, -0.2) is 34.1 Å². The molecule has 2 N–H and O–H groups in total. The number of nitrogens with one attached hydrogen (secondary N) is 2. The molecule has 0 saturated heterocycles. The fourth-order valence-electron chi connectivity index (χ4n) is 3.26. The van der Waals surface area contributed by atoms with Gasteiger partial charge in [-0.15, -0.1) is 0 Å². The quantitative estimate of drug-likeness (QED) is 0.449. The van der Waals surface area contributed by atoms with Gasteiger partial charge in [0.15, 0.2) is 6.61 Å². The molecule has 0 fully saturated rings. The van der Waals surface area contributed by atoms with Crippen LogP contribution >= 0.6 is 0 Å². The average Bonchev–Trinajstić information content (AvgIpc) is 3.17. The number of aromatic nitrogens is 2. The van der Waals surface area contributed by atoms with Crippen molar-refractivity contribution in [2.45, 2.75) is 20.4 Å². The smallest absolute Gasteiger partial charge is 0.326 e. The number of amides is 3. The van der Waals surface area contributed by atoms with Crippen molar-refractivity contribution in [1.29, 1.82) is 0 Å². The number of fused-ring (bicyclic) bond motifs is 3. The van der Waals surface area contributed by atoms with E-state index in [-0.39, 0.29) is 5.58 Å². The number of esters is 1. The first-order chi connectivity index (χ1) is 15.8. The Balaban J connectivity index is 1.34. The van der Waals surface area contributed by atoms with Crippen molar-refractivity contribution in [2.24, 2.45) is 0 Å². The van der Waals surface area contributed by atoms with Crippen LogP contribution in [0.25, 0.3) is 22.1 Å². The molecular formula is C23H20N4O6. The lowest BCUT2D eigenvalue weighted by molar-refractivity contribution is -0.148. The first-order valence-corrected chi connectivity index (χ1v) is 10.0. The van der Waals surface area contributed by atoms with Gasteiger partial charge in [0, 0.05) is 11.1 Å². The van der Waals surface area contributed by atoms with Crippen molar-refractivity contribution in [3.8, 4) is 0 Å². The number of para-hydroxylation sites is 1. The van der Waals surface area contributed by atoms with Crippen LogP contribution in [-0.2, 0) is 20.9 Å². The van der Waals surface area contributed by atoms with Gasteiger partial charge in [-0.3, -0.25) is 24.3 Å². The zero-order chi connectivity index (χ0) is 23.5. The van der Waals surface area contributed by atoms with Crippen LogP contribution in [0.2, 0.25) is 0 Å². The SMILES string of the molecule is Cc1cccc(NC(=O)NC(=O)COC(=O)Cn2cnc3c(oc4ccccc43)c2=O)c1C. The number of furan rings is 1. The van der Waals surface area contributed by atoms with Crippen LogP contribution in [0.4, 0.5) is 10.5 Å². The van der Waals surface area contributed by atoms with Crippen molar-refractivity contribution in [1.82, 2.24) is 14.9 Å². The molecular weight excluding hydrogens is 428 g/mol. The molecule has 2 aromatic heterocycles. The third kappa shape index (κ3) is 4.59. The Morgan fingerprint density at radius 3 is 2.70 bits per heavy atom. The summed E-state index contributed by atoms with van der Waals surface area (Å²) in [6, 6.07) is 11.7. The number of aryl methyl sites for hydroxylation is 1. The summed E-state index contributed by atoms with van der Waals surface area (Å²) < 4.78 is 11.5. The van der Waals surface area contributed by atoms with Gasteiger partial charge in [-0.1, -0.05) is 24.3 Å². The molecule has 0 radical (unpaired) electrons. The van der Waals surface area contributed by atoms with Crippen LogP contribution in [0.5, 0.6) is 0 Å².